The van der Waals surface area contributed by atoms with E-state index in [1.807, 2.05) is 6.07 Å². The van der Waals surface area contributed by atoms with Crippen molar-refractivity contribution in [2.75, 3.05) is 11.4 Å². The van der Waals surface area contributed by atoms with E-state index in [1.165, 1.54) is 11.6 Å². The predicted molar refractivity (Wildman–Crippen MR) is 90.7 cm³/mol. The van der Waals surface area contributed by atoms with Crippen LogP contribution in [0.4, 0.5) is 5.82 Å². The summed E-state index contributed by atoms with van der Waals surface area (Å²) in [4.78, 5) is 26.8. The molecule has 1 fully saturated rings. The Morgan fingerprint density at radius 1 is 1.22 bits per heavy atom. The molecule has 1 heterocycles. The molecule has 1 aliphatic rings. The van der Waals surface area contributed by atoms with Gasteiger partial charge < -0.3 is 4.90 Å². The molecule has 23 heavy (non-hydrogen) atoms. The van der Waals surface area contributed by atoms with E-state index in [0.29, 0.717) is 17.8 Å². The number of hydrogen-bond donors (Lipinski definition) is 0. The minimum Gasteiger partial charge on any atom is -0.354 e. The Kier molecular flexibility index (Phi) is 5.30. The summed E-state index contributed by atoms with van der Waals surface area (Å²) in [6.45, 7) is 5.07. The van der Waals surface area contributed by atoms with Crippen LogP contribution in [0.1, 0.15) is 51.5 Å². The van der Waals surface area contributed by atoms with Crippen LogP contribution in [0.3, 0.4) is 0 Å². The molecular weight excluding hydrogens is 292 g/mol. The van der Waals surface area contributed by atoms with E-state index in [2.05, 4.69) is 18.7 Å². The molecule has 1 aromatic rings. The van der Waals surface area contributed by atoms with Gasteiger partial charge in [0.05, 0.1) is 0 Å². The normalized spacial score (nSPS) is 15.1. The molecule has 2 rings (SSSR count). The van der Waals surface area contributed by atoms with Crippen molar-refractivity contribution in [3.8, 4) is 6.07 Å². The van der Waals surface area contributed by atoms with E-state index in [-0.39, 0.29) is 11.3 Å². The number of anilines is 1. The highest BCUT2D eigenvalue weighted by molar-refractivity contribution is 5.54. The fourth-order valence-corrected chi connectivity index (χ4v) is 3.34. The van der Waals surface area contributed by atoms with Gasteiger partial charge in [-0.05, 0) is 25.2 Å². The number of nitrogens with zero attached hydrogens (tertiary/aromatic N) is 4. The summed E-state index contributed by atoms with van der Waals surface area (Å²) < 4.78 is 2.47. The summed E-state index contributed by atoms with van der Waals surface area (Å²) >= 11 is 0. The monoisotopic (exact) mass is 318 g/mol. The van der Waals surface area contributed by atoms with Gasteiger partial charge in [0.2, 0.25) is 0 Å². The summed E-state index contributed by atoms with van der Waals surface area (Å²) in [6.07, 6.45) is 5.37. The minimum atomic E-state index is -0.502. The Hall–Kier alpha value is -2.03. The molecule has 0 bridgehead atoms. The van der Waals surface area contributed by atoms with Crippen molar-refractivity contribution in [3.05, 3.63) is 26.4 Å². The van der Waals surface area contributed by atoms with Gasteiger partial charge in [-0.3, -0.25) is 13.9 Å². The van der Waals surface area contributed by atoms with Gasteiger partial charge in [0.1, 0.15) is 11.9 Å². The zero-order valence-corrected chi connectivity index (χ0v) is 14.5. The third kappa shape index (κ3) is 3.34. The quantitative estimate of drug-likeness (QED) is 0.829. The van der Waals surface area contributed by atoms with Gasteiger partial charge >= 0.3 is 5.69 Å². The van der Waals surface area contributed by atoms with Crippen LogP contribution < -0.4 is 16.1 Å². The molecule has 1 aliphatic carbocycles. The lowest BCUT2D eigenvalue weighted by molar-refractivity contribution is 0.513. The van der Waals surface area contributed by atoms with Crippen LogP contribution in [0, 0.1) is 17.2 Å². The van der Waals surface area contributed by atoms with Gasteiger partial charge in [-0.1, -0.05) is 26.7 Å². The van der Waals surface area contributed by atoms with Crippen molar-refractivity contribution >= 4 is 5.82 Å². The molecule has 0 N–H and O–H groups in total. The summed E-state index contributed by atoms with van der Waals surface area (Å²) in [5, 5.41) is 9.50. The van der Waals surface area contributed by atoms with E-state index in [0.717, 1.165) is 43.2 Å². The van der Waals surface area contributed by atoms with Crippen LogP contribution in [-0.2, 0) is 14.1 Å². The summed E-state index contributed by atoms with van der Waals surface area (Å²) in [5.41, 5.74) is -0.806. The van der Waals surface area contributed by atoms with Crippen LogP contribution in [0.5, 0.6) is 0 Å². The van der Waals surface area contributed by atoms with Crippen molar-refractivity contribution in [2.24, 2.45) is 20.0 Å². The molecular formula is C17H26N4O2. The molecule has 0 unspecified atom stereocenters. The molecule has 0 radical (unpaired) electrons. The number of nitriles is 1. The molecule has 0 aromatic carbocycles. The van der Waals surface area contributed by atoms with E-state index < -0.39 is 5.56 Å². The molecule has 1 saturated carbocycles. The Morgan fingerprint density at radius 2 is 1.83 bits per heavy atom. The first kappa shape index (κ1) is 17.3. The summed E-state index contributed by atoms with van der Waals surface area (Å²) in [6, 6.07) is 2.33. The first-order valence-electron chi connectivity index (χ1n) is 8.35. The molecule has 0 aliphatic heterocycles. The Balaban J connectivity index is 2.60. The van der Waals surface area contributed by atoms with E-state index >= 15 is 0 Å². The van der Waals surface area contributed by atoms with Crippen molar-refractivity contribution < 1.29 is 0 Å². The minimum absolute atomic E-state index is 0.0743. The second-order valence-electron chi connectivity index (χ2n) is 6.83. The van der Waals surface area contributed by atoms with Gasteiger partial charge in [-0.2, -0.15) is 5.26 Å². The van der Waals surface area contributed by atoms with Crippen LogP contribution in [-0.4, -0.2) is 21.7 Å². The van der Waals surface area contributed by atoms with Gasteiger partial charge in [-0.25, -0.2) is 4.79 Å². The van der Waals surface area contributed by atoms with E-state index in [9.17, 15) is 14.9 Å². The van der Waals surface area contributed by atoms with Crippen molar-refractivity contribution in [2.45, 2.75) is 52.0 Å². The van der Waals surface area contributed by atoms with Crippen LogP contribution in [0.15, 0.2) is 9.59 Å². The number of rotatable bonds is 5. The fourth-order valence-electron chi connectivity index (χ4n) is 3.34. The lowest BCUT2D eigenvalue weighted by Gasteiger charge is -2.33. The zero-order chi connectivity index (χ0) is 17.1. The van der Waals surface area contributed by atoms with Gasteiger partial charge in [0.25, 0.3) is 5.56 Å². The maximum Gasteiger partial charge on any atom is 0.332 e. The van der Waals surface area contributed by atoms with E-state index in [1.54, 1.807) is 7.05 Å². The maximum atomic E-state index is 12.4. The lowest BCUT2D eigenvalue weighted by atomic mass is 10.1. The SMILES string of the molecule is CC(C)CCN(c1c(C#N)c(=O)n(C)c(=O)n1C)C1CCCC1. The third-order valence-corrected chi connectivity index (χ3v) is 4.73. The average molecular weight is 318 g/mol. The number of aromatic nitrogens is 2. The fraction of sp³-hybridized carbons (Fsp3) is 0.706. The van der Waals surface area contributed by atoms with Crippen LogP contribution >= 0.6 is 0 Å². The molecule has 6 nitrogen and oxygen atoms in total. The topological polar surface area (TPSA) is 71.0 Å². The zero-order valence-electron chi connectivity index (χ0n) is 14.5. The molecule has 6 heteroatoms. The van der Waals surface area contributed by atoms with Gasteiger partial charge in [0, 0.05) is 26.7 Å². The van der Waals surface area contributed by atoms with Crippen molar-refractivity contribution in [3.63, 3.8) is 0 Å². The van der Waals surface area contributed by atoms with Gasteiger partial charge in [0.15, 0.2) is 5.56 Å². The smallest absolute Gasteiger partial charge is 0.332 e. The largest absolute Gasteiger partial charge is 0.354 e. The average Bonchev–Trinajstić information content (AvgIpc) is 3.04. The van der Waals surface area contributed by atoms with Crippen molar-refractivity contribution in [1.82, 2.24) is 9.13 Å². The molecule has 126 valence electrons. The molecule has 0 saturated heterocycles. The Labute approximate surface area is 137 Å². The third-order valence-electron chi connectivity index (χ3n) is 4.73. The van der Waals surface area contributed by atoms with E-state index in [4.69, 9.17) is 0 Å². The second kappa shape index (κ2) is 7.03. The molecule has 0 amide bonds. The van der Waals surface area contributed by atoms with Crippen LogP contribution in [0.25, 0.3) is 0 Å². The Bertz CT molecular complexity index is 718. The highest BCUT2D eigenvalue weighted by Crippen LogP contribution is 2.29. The summed E-state index contributed by atoms with van der Waals surface area (Å²) in [5.74, 6) is 1.01. The highest BCUT2D eigenvalue weighted by atomic mass is 16.2. The standard InChI is InChI=1S/C17H26N4O2/c1-12(2)9-10-21(13-7-5-6-8-13)15-14(11-18)16(22)20(4)17(23)19(15)3/h12-13H,5-10H2,1-4H3. The van der Waals surface area contributed by atoms with Gasteiger partial charge in [-0.15, -0.1) is 0 Å². The number of hydrogen-bond acceptors (Lipinski definition) is 4. The molecule has 1 aromatic heterocycles. The molecule has 0 spiro atoms. The summed E-state index contributed by atoms with van der Waals surface area (Å²) in [7, 11) is 3.07. The predicted octanol–water partition coefficient (Wildman–Crippen LogP) is 1.75. The van der Waals surface area contributed by atoms with Crippen molar-refractivity contribution in [1.29, 1.82) is 5.26 Å². The second-order valence-corrected chi connectivity index (χ2v) is 6.83. The molecule has 0 atom stereocenters. The van der Waals surface area contributed by atoms with Crippen LogP contribution in [0.2, 0.25) is 0 Å². The first-order chi connectivity index (χ1) is 10.9. The lowest BCUT2D eigenvalue weighted by Crippen LogP contribution is -2.45. The first-order valence-corrected chi connectivity index (χ1v) is 8.35. The Morgan fingerprint density at radius 3 is 2.35 bits per heavy atom. The maximum absolute atomic E-state index is 12.4. The highest BCUT2D eigenvalue weighted by Gasteiger charge is 2.28.